The fourth-order valence-electron chi connectivity index (χ4n) is 3.77. The lowest BCUT2D eigenvalue weighted by molar-refractivity contribution is 0.483. The zero-order valence-electron chi connectivity index (χ0n) is 11.6. The third-order valence-corrected chi connectivity index (χ3v) is 4.70. The van der Waals surface area contributed by atoms with Crippen molar-refractivity contribution < 1.29 is 0 Å². The average Bonchev–Trinajstić information content (AvgIpc) is 3.17. The summed E-state index contributed by atoms with van der Waals surface area (Å²) in [4.78, 5) is 2.56. The molecule has 4 rings (SSSR count). The monoisotopic (exact) mass is 268 g/mol. The van der Waals surface area contributed by atoms with Gasteiger partial charge in [0.25, 0.3) is 0 Å². The van der Waals surface area contributed by atoms with Crippen molar-refractivity contribution in [1.82, 2.24) is 15.5 Å². The molecule has 104 valence electrons. The van der Waals surface area contributed by atoms with Crippen LogP contribution < -0.4 is 10.2 Å². The van der Waals surface area contributed by atoms with E-state index in [1.54, 1.807) is 0 Å². The number of rotatable bonds is 2. The number of hydrogen-bond donors (Lipinski definition) is 1. The number of fused-ring (bicyclic) bond motifs is 1. The van der Waals surface area contributed by atoms with Gasteiger partial charge in [0.05, 0.1) is 17.4 Å². The van der Waals surface area contributed by atoms with Gasteiger partial charge < -0.3 is 10.2 Å². The van der Waals surface area contributed by atoms with Crippen molar-refractivity contribution in [2.75, 3.05) is 18.0 Å². The minimum atomic E-state index is 0.616. The van der Waals surface area contributed by atoms with E-state index in [-0.39, 0.29) is 0 Å². The van der Waals surface area contributed by atoms with Crippen LogP contribution in [0.1, 0.15) is 25.7 Å². The molecule has 2 aliphatic rings. The molecule has 2 aliphatic heterocycles. The second-order valence-electron chi connectivity index (χ2n) is 5.85. The molecule has 0 radical (unpaired) electrons. The van der Waals surface area contributed by atoms with Gasteiger partial charge in [-0.25, -0.2) is 0 Å². The molecule has 0 amide bonds. The quantitative estimate of drug-likeness (QED) is 0.907. The van der Waals surface area contributed by atoms with Gasteiger partial charge in [0.1, 0.15) is 0 Å². The minimum Gasteiger partial charge on any atom is -0.365 e. The smallest absolute Gasteiger partial charge is 0.0950 e. The standard InChI is InChI=1S/C16H20N4/c1-2-6-13-12(5-1)16(11-18-19-13)20-10-4-8-15(20)14-7-3-9-17-14/h1-2,5-6,11,14-15,17H,3-4,7-10H2. The Morgan fingerprint density at radius 2 is 2.10 bits per heavy atom. The van der Waals surface area contributed by atoms with Gasteiger partial charge in [-0.05, 0) is 38.3 Å². The first kappa shape index (κ1) is 12.1. The Morgan fingerprint density at radius 3 is 3.00 bits per heavy atom. The number of benzene rings is 1. The highest BCUT2D eigenvalue weighted by Gasteiger charge is 2.34. The molecule has 0 spiro atoms. The van der Waals surface area contributed by atoms with Gasteiger partial charge in [-0.2, -0.15) is 10.2 Å². The first-order valence-corrected chi connectivity index (χ1v) is 7.64. The van der Waals surface area contributed by atoms with Crippen LogP contribution in [-0.4, -0.2) is 35.4 Å². The molecular weight excluding hydrogens is 248 g/mol. The van der Waals surface area contributed by atoms with E-state index in [9.17, 15) is 0 Å². The molecule has 3 heterocycles. The molecular formula is C16H20N4. The fourth-order valence-corrected chi connectivity index (χ4v) is 3.77. The van der Waals surface area contributed by atoms with Crippen molar-refractivity contribution in [3.8, 4) is 0 Å². The summed E-state index contributed by atoms with van der Waals surface area (Å²) in [5.41, 5.74) is 2.25. The van der Waals surface area contributed by atoms with Gasteiger partial charge >= 0.3 is 0 Å². The molecule has 1 aromatic heterocycles. The number of nitrogens with zero attached hydrogens (tertiary/aromatic N) is 3. The van der Waals surface area contributed by atoms with Crippen LogP contribution in [0.25, 0.3) is 10.9 Å². The van der Waals surface area contributed by atoms with Crippen molar-refractivity contribution in [2.24, 2.45) is 0 Å². The Kier molecular flexibility index (Phi) is 3.03. The van der Waals surface area contributed by atoms with Crippen molar-refractivity contribution in [1.29, 1.82) is 0 Å². The predicted octanol–water partition coefficient (Wildman–Crippen LogP) is 2.35. The molecule has 0 saturated carbocycles. The molecule has 2 unspecified atom stereocenters. The van der Waals surface area contributed by atoms with E-state index in [4.69, 9.17) is 0 Å². The molecule has 2 atom stereocenters. The average molecular weight is 268 g/mol. The van der Waals surface area contributed by atoms with Gasteiger partial charge in [-0.15, -0.1) is 0 Å². The van der Waals surface area contributed by atoms with E-state index < -0.39 is 0 Å². The minimum absolute atomic E-state index is 0.616. The van der Waals surface area contributed by atoms with E-state index in [0.717, 1.165) is 12.1 Å². The van der Waals surface area contributed by atoms with Crippen LogP contribution in [0.15, 0.2) is 30.5 Å². The summed E-state index contributed by atoms with van der Waals surface area (Å²) in [6.07, 6.45) is 7.12. The molecule has 4 heteroatoms. The molecule has 2 fully saturated rings. The van der Waals surface area contributed by atoms with Crippen LogP contribution in [0.2, 0.25) is 0 Å². The van der Waals surface area contributed by atoms with E-state index in [1.165, 1.54) is 43.3 Å². The maximum absolute atomic E-state index is 4.24. The van der Waals surface area contributed by atoms with Crippen molar-refractivity contribution >= 4 is 16.6 Å². The highest BCUT2D eigenvalue weighted by atomic mass is 15.2. The largest absolute Gasteiger partial charge is 0.365 e. The van der Waals surface area contributed by atoms with Crippen molar-refractivity contribution in [3.05, 3.63) is 30.5 Å². The topological polar surface area (TPSA) is 41.0 Å². The Morgan fingerprint density at radius 1 is 1.15 bits per heavy atom. The number of nitrogens with one attached hydrogen (secondary N) is 1. The zero-order chi connectivity index (χ0) is 13.4. The maximum Gasteiger partial charge on any atom is 0.0950 e. The van der Waals surface area contributed by atoms with Gasteiger partial charge in [0.15, 0.2) is 0 Å². The SMILES string of the molecule is c1ccc2c(N3CCCC3C3CCCN3)cnnc2c1. The van der Waals surface area contributed by atoms with E-state index >= 15 is 0 Å². The summed E-state index contributed by atoms with van der Waals surface area (Å²) < 4.78 is 0. The fraction of sp³-hybridized carbons (Fsp3) is 0.500. The summed E-state index contributed by atoms with van der Waals surface area (Å²) in [7, 11) is 0. The molecule has 0 bridgehead atoms. The third-order valence-electron chi connectivity index (χ3n) is 4.70. The molecule has 1 aromatic carbocycles. The Balaban J connectivity index is 1.74. The van der Waals surface area contributed by atoms with E-state index in [2.05, 4.69) is 32.5 Å². The van der Waals surface area contributed by atoms with Crippen molar-refractivity contribution in [3.63, 3.8) is 0 Å². The third kappa shape index (κ3) is 1.95. The number of aromatic nitrogens is 2. The summed E-state index contributed by atoms with van der Waals surface area (Å²) in [5, 5.41) is 13.3. The molecule has 0 aliphatic carbocycles. The van der Waals surface area contributed by atoms with Crippen LogP contribution in [0.5, 0.6) is 0 Å². The zero-order valence-corrected chi connectivity index (χ0v) is 11.6. The summed E-state index contributed by atoms with van der Waals surface area (Å²) in [6, 6.07) is 9.59. The van der Waals surface area contributed by atoms with E-state index in [1.807, 2.05) is 18.3 Å². The van der Waals surface area contributed by atoms with Gasteiger partial charge in [-0.3, -0.25) is 0 Å². The van der Waals surface area contributed by atoms with Crippen LogP contribution in [0.4, 0.5) is 5.69 Å². The van der Waals surface area contributed by atoms with Gasteiger partial charge in [0.2, 0.25) is 0 Å². The lowest BCUT2D eigenvalue weighted by atomic mass is 10.0. The first-order chi connectivity index (χ1) is 9.93. The lowest BCUT2D eigenvalue weighted by Crippen LogP contribution is -2.44. The second-order valence-corrected chi connectivity index (χ2v) is 5.85. The Bertz CT molecular complexity index is 601. The molecule has 4 nitrogen and oxygen atoms in total. The Labute approximate surface area is 119 Å². The van der Waals surface area contributed by atoms with Crippen LogP contribution in [-0.2, 0) is 0 Å². The summed E-state index contributed by atoms with van der Waals surface area (Å²) >= 11 is 0. The molecule has 2 saturated heterocycles. The first-order valence-electron chi connectivity index (χ1n) is 7.64. The van der Waals surface area contributed by atoms with Crippen molar-refractivity contribution in [2.45, 2.75) is 37.8 Å². The number of hydrogen-bond acceptors (Lipinski definition) is 4. The molecule has 20 heavy (non-hydrogen) atoms. The van der Waals surface area contributed by atoms with Crippen LogP contribution in [0, 0.1) is 0 Å². The number of anilines is 1. The lowest BCUT2D eigenvalue weighted by Gasteiger charge is -2.31. The van der Waals surface area contributed by atoms with Gasteiger partial charge in [-0.1, -0.05) is 18.2 Å². The summed E-state index contributed by atoms with van der Waals surface area (Å²) in [5.74, 6) is 0. The highest BCUT2D eigenvalue weighted by Crippen LogP contribution is 2.33. The second kappa shape index (κ2) is 5.02. The predicted molar refractivity (Wildman–Crippen MR) is 80.9 cm³/mol. The molecule has 1 N–H and O–H groups in total. The highest BCUT2D eigenvalue weighted by molar-refractivity contribution is 5.91. The van der Waals surface area contributed by atoms with Gasteiger partial charge in [0, 0.05) is 24.0 Å². The molecule has 2 aromatic rings. The van der Waals surface area contributed by atoms with E-state index in [0.29, 0.717) is 12.1 Å². The maximum atomic E-state index is 4.24. The summed E-state index contributed by atoms with van der Waals surface area (Å²) in [6.45, 7) is 2.31. The Hall–Kier alpha value is -1.68. The van der Waals surface area contributed by atoms with Crippen LogP contribution in [0.3, 0.4) is 0 Å². The van der Waals surface area contributed by atoms with Crippen LogP contribution >= 0.6 is 0 Å². The normalized spacial score (nSPS) is 26.5.